The Morgan fingerprint density at radius 1 is 1.39 bits per heavy atom. The van der Waals surface area contributed by atoms with Gasteiger partial charge in [0.2, 0.25) is 5.91 Å². The maximum absolute atomic E-state index is 12.5. The van der Waals surface area contributed by atoms with Crippen molar-refractivity contribution in [1.82, 2.24) is 0 Å². The number of aryl methyl sites for hydroxylation is 2. The van der Waals surface area contributed by atoms with Crippen LogP contribution in [0.5, 0.6) is 0 Å². The van der Waals surface area contributed by atoms with Gasteiger partial charge in [-0.3, -0.25) is 4.79 Å². The Bertz CT molecular complexity index is 456. The van der Waals surface area contributed by atoms with Crippen LogP contribution < -0.4 is 4.90 Å². The molecule has 1 aromatic carbocycles. The van der Waals surface area contributed by atoms with Crippen LogP contribution in [0.25, 0.3) is 0 Å². The van der Waals surface area contributed by atoms with Crippen molar-refractivity contribution in [1.29, 1.82) is 0 Å². The zero-order valence-electron chi connectivity index (χ0n) is 11.2. The SMILES string of the molecule is Cc1cccc2c1N(C(=O)C(Br)C(C)C)CCC2. The van der Waals surface area contributed by atoms with Gasteiger partial charge in [-0.25, -0.2) is 0 Å². The van der Waals surface area contributed by atoms with Crippen LogP contribution in [0.2, 0.25) is 0 Å². The molecule has 0 radical (unpaired) electrons. The highest BCUT2D eigenvalue weighted by Gasteiger charge is 2.29. The minimum atomic E-state index is -0.0944. The predicted molar refractivity (Wildman–Crippen MR) is 79.4 cm³/mol. The summed E-state index contributed by atoms with van der Waals surface area (Å²) in [6.45, 7) is 7.06. The first-order valence-corrected chi connectivity index (χ1v) is 7.48. The van der Waals surface area contributed by atoms with E-state index >= 15 is 0 Å². The van der Waals surface area contributed by atoms with E-state index in [4.69, 9.17) is 0 Å². The molecule has 3 heteroatoms. The second-order valence-electron chi connectivity index (χ2n) is 5.32. The third-order valence-corrected chi connectivity index (χ3v) is 4.96. The highest BCUT2D eigenvalue weighted by Crippen LogP contribution is 2.32. The molecule has 0 saturated heterocycles. The number of anilines is 1. The average molecular weight is 310 g/mol. The van der Waals surface area contributed by atoms with Crippen molar-refractivity contribution in [2.45, 2.75) is 38.4 Å². The monoisotopic (exact) mass is 309 g/mol. The van der Waals surface area contributed by atoms with E-state index < -0.39 is 0 Å². The highest BCUT2D eigenvalue weighted by atomic mass is 79.9. The van der Waals surface area contributed by atoms with Crippen LogP contribution in [0.4, 0.5) is 5.69 Å². The van der Waals surface area contributed by atoms with Crippen LogP contribution >= 0.6 is 15.9 Å². The van der Waals surface area contributed by atoms with Crippen molar-refractivity contribution in [3.8, 4) is 0 Å². The number of fused-ring (bicyclic) bond motifs is 1. The topological polar surface area (TPSA) is 20.3 Å². The van der Waals surface area contributed by atoms with Gasteiger partial charge in [-0.05, 0) is 36.8 Å². The lowest BCUT2D eigenvalue weighted by molar-refractivity contribution is -0.118. The fourth-order valence-corrected chi connectivity index (χ4v) is 2.75. The van der Waals surface area contributed by atoms with Gasteiger partial charge >= 0.3 is 0 Å². The van der Waals surface area contributed by atoms with Gasteiger partial charge in [-0.1, -0.05) is 48.0 Å². The van der Waals surface area contributed by atoms with Gasteiger partial charge in [0.1, 0.15) is 0 Å². The molecule has 2 rings (SSSR count). The van der Waals surface area contributed by atoms with E-state index in [1.54, 1.807) is 0 Å². The summed E-state index contributed by atoms with van der Waals surface area (Å²) >= 11 is 3.53. The Balaban J connectivity index is 2.36. The molecule has 0 bridgehead atoms. The van der Waals surface area contributed by atoms with Gasteiger partial charge in [0.05, 0.1) is 4.83 Å². The van der Waals surface area contributed by atoms with E-state index in [0.717, 1.165) is 25.1 Å². The van der Waals surface area contributed by atoms with Crippen molar-refractivity contribution in [2.75, 3.05) is 11.4 Å². The Kier molecular flexibility index (Phi) is 4.10. The summed E-state index contributed by atoms with van der Waals surface area (Å²) in [5.41, 5.74) is 3.64. The zero-order chi connectivity index (χ0) is 13.3. The molecule has 1 aromatic rings. The van der Waals surface area contributed by atoms with Crippen LogP contribution in [-0.4, -0.2) is 17.3 Å². The smallest absolute Gasteiger partial charge is 0.241 e. The number of halogens is 1. The van der Waals surface area contributed by atoms with Crippen molar-refractivity contribution in [3.05, 3.63) is 29.3 Å². The van der Waals surface area contributed by atoms with Crippen molar-refractivity contribution in [2.24, 2.45) is 5.92 Å². The van der Waals surface area contributed by atoms with Crippen molar-refractivity contribution >= 4 is 27.5 Å². The molecule has 98 valence electrons. The lowest BCUT2D eigenvalue weighted by atomic mass is 9.97. The first kappa shape index (κ1) is 13.6. The van der Waals surface area contributed by atoms with Crippen LogP contribution in [0.15, 0.2) is 18.2 Å². The largest absolute Gasteiger partial charge is 0.311 e. The first-order valence-electron chi connectivity index (χ1n) is 6.56. The molecule has 0 aromatic heterocycles. The van der Waals surface area contributed by atoms with E-state index in [1.165, 1.54) is 11.1 Å². The molecule has 0 aliphatic carbocycles. The average Bonchev–Trinajstić information content (AvgIpc) is 2.36. The summed E-state index contributed by atoms with van der Waals surface area (Å²) in [7, 11) is 0. The molecule has 1 heterocycles. The third kappa shape index (κ3) is 2.46. The summed E-state index contributed by atoms with van der Waals surface area (Å²) in [5.74, 6) is 0.507. The van der Waals surface area contributed by atoms with Crippen LogP contribution in [0, 0.1) is 12.8 Å². The number of carbonyl (C=O) groups is 1. The quantitative estimate of drug-likeness (QED) is 0.763. The molecule has 1 atom stereocenters. The molecule has 0 fully saturated rings. The zero-order valence-corrected chi connectivity index (χ0v) is 12.8. The summed E-state index contributed by atoms with van der Waals surface area (Å²) in [6, 6.07) is 6.31. The predicted octanol–water partition coefficient (Wildman–Crippen LogP) is 3.69. The van der Waals surface area contributed by atoms with E-state index in [9.17, 15) is 4.79 Å². The molecular weight excluding hydrogens is 290 g/mol. The Hall–Kier alpha value is -0.830. The van der Waals surface area contributed by atoms with Crippen LogP contribution in [0.1, 0.15) is 31.4 Å². The standard InChI is InChI=1S/C15H20BrNO/c1-10(2)13(16)15(18)17-9-5-8-12-7-4-6-11(3)14(12)17/h4,6-7,10,13H,5,8-9H2,1-3H3. The number of alkyl halides is 1. The second kappa shape index (κ2) is 5.43. The fourth-order valence-electron chi connectivity index (χ4n) is 2.50. The number of benzene rings is 1. The first-order chi connectivity index (χ1) is 8.52. The lowest BCUT2D eigenvalue weighted by Gasteiger charge is -2.33. The number of carbonyl (C=O) groups excluding carboxylic acids is 1. The molecule has 1 amide bonds. The highest BCUT2D eigenvalue weighted by molar-refractivity contribution is 9.10. The lowest BCUT2D eigenvalue weighted by Crippen LogP contribution is -2.42. The van der Waals surface area contributed by atoms with E-state index in [1.807, 2.05) is 4.90 Å². The Labute approximate surface area is 117 Å². The van der Waals surface area contributed by atoms with Crippen LogP contribution in [-0.2, 0) is 11.2 Å². The minimum Gasteiger partial charge on any atom is -0.311 e. The van der Waals surface area contributed by atoms with E-state index in [-0.39, 0.29) is 10.7 Å². The van der Waals surface area contributed by atoms with Gasteiger partial charge in [0.15, 0.2) is 0 Å². The number of para-hydroxylation sites is 1. The summed E-state index contributed by atoms with van der Waals surface area (Å²) in [4.78, 5) is 14.4. The minimum absolute atomic E-state index is 0.0944. The summed E-state index contributed by atoms with van der Waals surface area (Å²) in [6.07, 6.45) is 2.13. The molecule has 18 heavy (non-hydrogen) atoms. The Morgan fingerprint density at radius 3 is 2.78 bits per heavy atom. The number of nitrogens with zero attached hydrogens (tertiary/aromatic N) is 1. The number of rotatable bonds is 2. The maximum Gasteiger partial charge on any atom is 0.241 e. The second-order valence-corrected chi connectivity index (χ2v) is 6.31. The molecule has 1 aliphatic heterocycles. The normalized spacial score (nSPS) is 16.6. The summed E-state index contributed by atoms with van der Waals surface area (Å²) < 4.78 is 0. The molecule has 1 aliphatic rings. The van der Waals surface area contributed by atoms with Crippen molar-refractivity contribution in [3.63, 3.8) is 0 Å². The van der Waals surface area contributed by atoms with E-state index in [2.05, 4.69) is 54.9 Å². The Morgan fingerprint density at radius 2 is 2.11 bits per heavy atom. The molecule has 1 unspecified atom stereocenters. The van der Waals surface area contributed by atoms with Crippen LogP contribution in [0.3, 0.4) is 0 Å². The number of amides is 1. The maximum atomic E-state index is 12.5. The van der Waals surface area contributed by atoms with Gasteiger partial charge in [0, 0.05) is 12.2 Å². The fraction of sp³-hybridized carbons (Fsp3) is 0.533. The molecule has 0 spiro atoms. The van der Waals surface area contributed by atoms with Gasteiger partial charge < -0.3 is 4.90 Å². The van der Waals surface area contributed by atoms with Crippen molar-refractivity contribution < 1.29 is 4.79 Å². The number of hydrogen-bond donors (Lipinski definition) is 0. The van der Waals surface area contributed by atoms with Gasteiger partial charge in [-0.2, -0.15) is 0 Å². The number of hydrogen-bond acceptors (Lipinski definition) is 1. The van der Waals surface area contributed by atoms with Gasteiger partial charge in [0.25, 0.3) is 0 Å². The molecule has 0 N–H and O–H groups in total. The molecule has 0 saturated carbocycles. The molecule has 2 nitrogen and oxygen atoms in total. The third-order valence-electron chi connectivity index (χ3n) is 3.51. The molecular formula is C15H20BrNO. The summed E-state index contributed by atoms with van der Waals surface area (Å²) in [5, 5.41) is 0. The van der Waals surface area contributed by atoms with Gasteiger partial charge in [-0.15, -0.1) is 0 Å². The van der Waals surface area contributed by atoms with E-state index in [0.29, 0.717) is 5.92 Å².